The average molecular weight is 321 g/mol. The Kier molecular flexibility index (Phi) is 4.15. The summed E-state index contributed by atoms with van der Waals surface area (Å²) in [6.07, 6.45) is 0.937. The van der Waals surface area contributed by atoms with Crippen molar-refractivity contribution < 1.29 is 4.79 Å². The van der Waals surface area contributed by atoms with Crippen LogP contribution >= 0.6 is 23.2 Å². The molecule has 2 aromatic rings. The van der Waals surface area contributed by atoms with Gasteiger partial charge in [0, 0.05) is 12.2 Å². The second-order valence-corrected chi connectivity index (χ2v) is 5.77. The maximum Gasteiger partial charge on any atom is 0.246 e. The van der Waals surface area contributed by atoms with Crippen molar-refractivity contribution in [3.63, 3.8) is 0 Å². The first-order valence-electron chi connectivity index (χ1n) is 6.72. The van der Waals surface area contributed by atoms with E-state index in [9.17, 15) is 4.79 Å². The fraction of sp³-hybridized carbons (Fsp3) is 0.188. The molecule has 3 rings (SSSR count). The number of rotatable bonds is 2. The van der Waals surface area contributed by atoms with E-state index in [-0.39, 0.29) is 11.9 Å². The molecule has 0 bridgehead atoms. The first kappa shape index (κ1) is 14.4. The number of hydrogen-bond donors (Lipinski definition) is 2. The Bertz CT molecular complexity index is 688. The van der Waals surface area contributed by atoms with Gasteiger partial charge in [-0.25, -0.2) is 0 Å². The molecule has 0 saturated carbocycles. The Morgan fingerprint density at radius 1 is 1.14 bits per heavy atom. The van der Waals surface area contributed by atoms with Crippen LogP contribution in [0.1, 0.15) is 17.2 Å². The molecule has 3 nitrogen and oxygen atoms in total. The molecule has 1 aliphatic heterocycles. The van der Waals surface area contributed by atoms with Gasteiger partial charge in [-0.15, -0.1) is 0 Å². The topological polar surface area (TPSA) is 41.1 Å². The standard InChI is InChI=1S/C16H14Cl2N2O/c17-13-6-5-11(9-14(13)18)20-16(21)15-12-4-2-1-3-10(12)7-8-19-15/h1-6,9,15,19H,7-8H2,(H,20,21). The number of benzene rings is 2. The Morgan fingerprint density at radius 3 is 2.76 bits per heavy atom. The first-order valence-corrected chi connectivity index (χ1v) is 7.48. The summed E-state index contributed by atoms with van der Waals surface area (Å²) in [6, 6.07) is 12.7. The molecule has 0 radical (unpaired) electrons. The Hall–Kier alpha value is -1.55. The number of anilines is 1. The molecular weight excluding hydrogens is 307 g/mol. The van der Waals surface area contributed by atoms with Crippen molar-refractivity contribution in [3.05, 3.63) is 63.6 Å². The summed E-state index contributed by atoms with van der Waals surface area (Å²) < 4.78 is 0. The SMILES string of the molecule is O=C(Nc1ccc(Cl)c(Cl)c1)C1NCCc2ccccc21. The molecule has 1 aliphatic rings. The number of carbonyl (C=O) groups excluding carboxylic acids is 1. The van der Waals surface area contributed by atoms with Gasteiger partial charge in [-0.05, 0) is 35.7 Å². The minimum absolute atomic E-state index is 0.0967. The molecule has 1 heterocycles. The highest BCUT2D eigenvalue weighted by molar-refractivity contribution is 6.42. The van der Waals surface area contributed by atoms with E-state index in [1.807, 2.05) is 18.2 Å². The lowest BCUT2D eigenvalue weighted by Gasteiger charge is -2.26. The van der Waals surface area contributed by atoms with Crippen LogP contribution in [0.2, 0.25) is 10.0 Å². The third kappa shape index (κ3) is 3.05. The van der Waals surface area contributed by atoms with E-state index in [0.29, 0.717) is 15.7 Å². The molecule has 1 amide bonds. The van der Waals surface area contributed by atoms with Crippen LogP contribution in [0.15, 0.2) is 42.5 Å². The molecule has 1 atom stereocenters. The van der Waals surface area contributed by atoms with Gasteiger partial charge in [0.25, 0.3) is 0 Å². The highest BCUT2D eigenvalue weighted by Crippen LogP contribution is 2.27. The predicted octanol–water partition coefficient (Wildman–Crippen LogP) is 3.82. The van der Waals surface area contributed by atoms with Gasteiger partial charge in [0.2, 0.25) is 5.91 Å². The zero-order valence-electron chi connectivity index (χ0n) is 11.2. The summed E-state index contributed by atoms with van der Waals surface area (Å²) in [5, 5.41) is 7.02. The summed E-state index contributed by atoms with van der Waals surface area (Å²) in [5.74, 6) is -0.0967. The molecular formula is C16H14Cl2N2O. The van der Waals surface area contributed by atoms with E-state index < -0.39 is 0 Å². The Balaban J connectivity index is 1.81. The normalized spacial score (nSPS) is 17.1. The molecule has 0 fully saturated rings. The third-order valence-electron chi connectivity index (χ3n) is 3.56. The Labute approximate surface area is 133 Å². The van der Waals surface area contributed by atoms with E-state index >= 15 is 0 Å². The molecule has 2 N–H and O–H groups in total. The summed E-state index contributed by atoms with van der Waals surface area (Å²) in [6.45, 7) is 0.788. The van der Waals surface area contributed by atoms with E-state index in [4.69, 9.17) is 23.2 Å². The Morgan fingerprint density at radius 2 is 1.95 bits per heavy atom. The summed E-state index contributed by atoms with van der Waals surface area (Å²) in [4.78, 5) is 12.5. The number of halogens is 2. The largest absolute Gasteiger partial charge is 0.324 e. The van der Waals surface area contributed by atoms with Crippen molar-refractivity contribution in [3.8, 4) is 0 Å². The number of fused-ring (bicyclic) bond motifs is 1. The van der Waals surface area contributed by atoms with Crippen molar-refractivity contribution in [2.75, 3.05) is 11.9 Å². The molecule has 21 heavy (non-hydrogen) atoms. The van der Waals surface area contributed by atoms with Gasteiger partial charge in [0.15, 0.2) is 0 Å². The molecule has 2 aromatic carbocycles. The third-order valence-corrected chi connectivity index (χ3v) is 4.30. The molecule has 0 spiro atoms. The lowest BCUT2D eigenvalue weighted by atomic mass is 9.94. The van der Waals surface area contributed by atoms with Crippen LogP contribution in [-0.2, 0) is 11.2 Å². The number of carbonyl (C=O) groups is 1. The number of hydrogen-bond acceptors (Lipinski definition) is 2. The van der Waals surface area contributed by atoms with Crippen molar-refractivity contribution in [2.45, 2.75) is 12.5 Å². The lowest BCUT2D eigenvalue weighted by Crippen LogP contribution is -2.38. The van der Waals surface area contributed by atoms with Crippen molar-refractivity contribution >= 4 is 34.8 Å². The van der Waals surface area contributed by atoms with Crippen molar-refractivity contribution in [1.82, 2.24) is 5.32 Å². The second-order valence-electron chi connectivity index (χ2n) is 4.95. The van der Waals surface area contributed by atoms with Crippen LogP contribution in [0, 0.1) is 0 Å². The molecule has 0 aliphatic carbocycles. The molecule has 0 aromatic heterocycles. The molecule has 5 heteroatoms. The van der Waals surface area contributed by atoms with Crippen LogP contribution < -0.4 is 10.6 Å². The zero-order chi connectivity index (χ0) is 14.8. The van der Waals surface area contributed by atoms with E-state index in [2.05, 4.69) is 16.7 Å². The van der Waals surface area contributed by atoms with Crippen molar-refractivity contribution in [1.29, 1.82) is 0 Å². The molecule has 108 valence electrons. The average Bonchev–Trinajstić information content (AvgIpc) is 2.50. The monoisotopic (exact) mass is 320 g/mol. The first-order chi connectivity index (χ1) is 10.1. The highest BCUT2D eigenvalue weighted by atomic mass is 35.5. The van der Waals surface area contributed by atoms with Gasteiger partial charge in [0.1, 0.15) is 6.04 Å². The van der Waals surface area contributed by atoms with Gasteiger partial charge < -0.3 is 10.6 Å². The maximum absolute atomic E-state index is 12.5. The second kappa shape index (κ2) is 6.06. The van der Waals surface area contributed by atoms with Gasteiger partial charge in [-0.1, -0.05) is 47.5 Å². The fourth-order valence-electron chi connectivity index (χ4n) is 2.53. The summed E-state index contributed by atoms with van der Waals surface area (Å²) >= 11 is 11.8. The maximum atomic E-state index is 12.5. The van der Waals surface area contributed by atoms with Crippen LogP contribution in [0.4, 0.5) is 5.69 Å². The minimum atomic E-state index is -0.343. The highest BCUT2D eigenvalue weighted by Gasteiger charge is 2.25. The summed E-state index contributed by atoms with van der Waals surface area (Å²) in [5.41, 5.74) is 2.88. The van der Waals surface area contributed by atoms with E-state index in [0.717, 1.165) is 18.5 Å². The van der Waals surface area contributed by atoms with Gasteiger partial charge in [-0.3, -0.25) is 4.79 Å². The van der Waals surface area contributed by atoms with E-state index in [1.165, 1.54) is 5.56 Å². The molecule has 1 unspecified atom stereocenters. The quantitative estimate of drug-likeness (QED) is 0.883. The van der Waals surface area contributed by atoms with Crippen LogP contribution in [0.25, 0.3) is 0 Å². The fourth-order valence-corrected chi connectivity index (χ4v) is 2.82. The number of nitrogens with one attached hydrogen (secondary N) is 2. The summed E-state index contributed by atoms with van der Waals surface area (Å²) in [7, 11) is 0. The smallest absolute Gasteiger partial charge is 0.246 e. The van der Waals surface area contributed by atoms with Crippen LogP contribution in [-0.4, -0.2) is 12.5 Å². The van der Waals surface area contributed by atoms with Gasteiger partial charge in [0.05, 0.1) is 10.0 Å². The predicted molar refractivity (Wildman–Crippen MR) is 86.0 cm³/mol. The van der Waals surface area contributed by atoms with Gasteiger partial charge >= 0.3 is 0 Å². The minimum Gasteiger partial charge on any atom is -0.324 e. The van der Waals surface area contributed by atoms with Gasteiger partial charge in [-0.2, -0.15) is 0 Å². The van der Waals surface area contributed by atoms with Crippen molar-refractivity contribution in [2.24, 2.45) is 0 Å². The van der Waals surface area contributed by atoms with Crippen LogP contribution in [0.3, 0.4) is 0 Å². The molecule has 0 saturated heterocycles. The van der Waals surface area contributed by atoms with E-state index in [1.54, 1.807) is 18.2 Å². The van der Waals surface area contributed by atoms with Crippen LogP contribution in [0.5, 0.6) is 0 Å². The number of amides is 1. The zero-order valence-corrected chi connectivity index (χ0v) is 12.7. The lowest BCUT2D eigenvalue weighted by molar-refractivity contribution is -0.118.